The van der Waals surface area contributed by atoms with E-state index in [0.29, 0.717) is 18.2 Å². The molecule has 2 aromatic heterocycles. The number of hydrogen-bond donors (Lipinski definition) is 2. The zero-order chi connectivity index (χ0) is 24.1. The summed E-state index contributed by atoms with van der Waals surface area (Å²) in [6.07, 6.45) is 3.47. The number of morpholine rings is 1. The smallest absolute Gasteiger partial charge is 0.322 e. The van der Waals surface area contributed by atoms with Gasteiger partial charge in [-0.1, -0.05) is 11.6 Å². The van der Waals surface area contributed by atoms with Gasteiger partial charge in [-0.15, -0.1) is 11.3 Å². The molecule has 3 aliphatic rings. The number of ether oxygens (including phenoxy) is 1. The Morgan fingerprint density at radius 1 is 1.31 bits per heavy atom. The molecule has 35 heavy (non-hydrogen) atoms. The minimum atomic E-state index is -0.771. The van der Waals surface area contributed by atoms with Crippen LogP contribution in [-0.4, -0.2) is 75.5 Å². The van der Waals surface area contributed by atoms with Crippen LogP contribution in [0.3, 0.4) is 0 Å². The van der Waals surface area contributed by atoms with Gasteiger partial charge in [0.05, 0.1) is 41.2 Å². The Balaban J connectivity index is 1.35. The maximum atomic E-state index is 12.9. The highest BCUT2D eigenvalue weighted by Gasteiger charge is 2.47. The van der Waals surface area contributed by atoms with Crippen LogP contribution in [0.15, 0.2) is 24.5 Å². The van der Waals surface area contributed by atoms with Crippen molar-refractivity contribution in [3.63, 3.8) is 0 Å². The van der Waals surface area contributed by atoms with Crippen molar-refractivity contribution in [2.45, 2.75) is 51.1 Å². The number of aromatic nitrogens is 2. The standard InChI is InChI=1S/C25H28ClN5O3S/c1-14-7-15(26)8-19(18(14)9-16-11-27-4-6-34-16)22-23-20(28-13-29-22)10-17(35-23)12-31-24(32)21-3-2-5-30(21)25(31)33/h7-8,10,13,16,21,24,27,32H,2-6,9,11-12H2,1H3. The summed E-state index contributed by atoms with van der Waals surface area (Å²) in [6, 6.07) is 5.78. The molecule has 0 saturated carbocycles. The molecule has 0 aliphatic carbocycles. The maximum Gasteiger partial charge on any atom is 0.322 e. The molecule has 8 nitrogen and oxygen atoms in total. The number of nitrogens with one attached hydrogen (secondary N) is 1. The summed E-state index contributed by atoms with van der Waals surface area (Å²) >= 11 is 8.07. The third-order valence-electron chi connectivity index (χ3n) is 7.27. The molecule has 2 N–H and O–H groups in total. The number of carbonyl (C=O) groups is 1. The molecule has 0 bridgehead atoms. The van der Waals surface area contributed by atoms with E-state index in [1.54, 1.807) is 27.5 Å². The van der Waals surface area contributed by atoms with Crippen molar-refractivity contribution in [1.82, 2.24) is 25.1 Å². The molecule has 3 saturated heterocycles. The number of fused-ring (bicyclic) bond motifs is 2. The van der Waals surface area contributed by atoms with Gasteiger partial charge in [0.25, 0.3) is 0 Å². The SMILES string of the molecule is Cc1cc(Cl)cc(-c2ncnc3cc(CN4C(=O)N5CCCC5C4O)sc23)c1CC1CNCCO1. The van der Waals surface area contributed by atoms with Crippen molar-refractivity contribution in [3.05, 3.63) is 45.6 Å². The van der Waals surface area contributed by atoms with E-state index in [4.69, 9.17) is 16.3 Å². The Hall–Kier alpha value is -2.30. The van der Waals surface area contributed by atoms with Crippen LogP contribution in [0.2, 0.25) is 5.02 Å². The Morgan fingerprint density at radius 2 is 2.20 bits per heavy atom. The van der Waals surface area contributed by atoms with Gasteiger partial charge in [0.15, 0.2) is 6.23 Å². The van der Waals surface area contributed by atoms with Gasteiger partial charge in [-0.2, -0.15) is 0 Å². The van der Waals surface area contributed by atoms with Gasteiger partial charge in [-0.05, 0) is 49.1 Å². The second-order valence-electron chi connectivity index (χ2n) is 9.53. The van der Waals surface area contributed by atoms with E-state index in [9.17, 15) is 9.90 Å². The molecule has 0 spiro atoms. The summed E-state index contributed by atoms with van der Waals surface area (Å²) in [5.41, 5.74) is 4.93. The zero-order valence-corrected chi connectivity index (χ0v) is 21.1. The molecular formula is C25H28ClN5O3S. The van der Waals surface area contributed by atoms with Crippen molar-refractivity contribution in [1.29, 1.82) is 0 Å². The van der Waals surface area contributed by atoms with Crippen molar-refractivity contribution in [2.24, 2.45) is 0 Å². The maximum absolute atomic E-state index is 12.9. The Labute approximate surface area is 212 Å². The number of aliphatic hydroxyl groups excluding tert-OH is 1. The highest BCUT2D eigenvalue weighted by atomic mass is 35.5. The Kier molecular flexibility index (Phi) is 6.14. The number of hydrogen-bond acceptors (Lipinski definition) is 7. The number of benzene rings is 1. The van der Waals surface area contributed by atoms with Gasteiger partial charge in [0, 0.05) is 41.5 Å². The number of aliphatic hydroxyl groups is 1. The molecule has 3 aromatic rings. The summed E-state index contributed by atoms with van der Waals surface area (Å²) < 4.78 is 6.94. The first-order valence-corrected chi connectivity index (χ1v) is 13.3. The van der Waals surface area contributed by atoms with Gasteiger partial charge in [-0.25, -0.2) is 14.8 Å². The summed E-state index contributed by atoms with van der Waals surface area (Å²) in [5.74, 6) is 0. The van der Waals surface area contributed by atoms with Gasteiger partial charge in [0.1, 0.15) is 6.33 Å². The van der Waals surface area contributed by atoms with Crippen molar-refractivity contribution in [3.8, 4) is 11.3 Å². The minimum Gasteiger partial charge on any atom is -0.375 e. The number of rotatable bonds is 5. The summed E-state index contributed by atoms with van der Waals surface area (Å²) in [7, 11) is 0. The van der Waals surface area contributed by atoms with E-state index in [2.05, 4.69) is 22.2 Å². The number of nitrogens with zero attached hydrogens (tertiary/aromatic N) is 4. The predicted molar refractivity (Wildman–Crippen MR) is 136 cm³/mol. The largest absolute Gasteiger partial charge is 0.375 e. The first-order chi connectivity index (χ1) is 17.0. The lowest BCUT2D eigenvalue weighted by molar-refractivity contribution is 0.0292. The fourth-order valence-electron chi connectivity index (χ4n) is 5.56. The third-order valence-corrected chi connectivity index (χ3v) is 8.61. The monoisotopic (exact) mass is 513 g/mol. The normalized spacial score (nSPS) is 24.5. The Morgan fingerprint density at radius 3 is 3.00 bits per heavy atom. The van der Waals surface area contributed by atoms with E-state index in [1.807, 2.05) is 18.2 Å². The Bertz CT molecular complexity index is 1280. The molecule has 3 atom stereocenters. The molecule has 3 unspecified atom stereocenters. The molecule has 1 aromatic carbocycles. The molecule has 2 amide bonds. The van der Waals surface area contributed by atoms with Gasteiger partial charge < -0.3 is 20.1 Å². The molecule has 184 valence electrons. The lowest BCUT2D eigenvalue weighted by atomic mass is 9.94. The average molecular weight is 514 g/mol. The average Bonchev–Trinajstić information content (AvgIpc) is 3.55. The summed E-state index contributed by atoms with van der Waals surface area (Å²) in [6.45, 7) is 5.55. The number of carbonyl (C=O) groups excluding carboxylic acids is 1. The number of halogens is 1. The first-order valence-electron chi connectivity index (χ1n) is 12.1. The fourth-order valence-corrected chi connectivity index (χ4v) is 6.95. The summed E-state index contributed by atoms with van der Waals surface area (Å²) in [4.78, 5) is 26.4. The third kappa shape index (κ3) is 4.19. The van der Waals surface area contributed by atoms with Crippen LogP contribution >= 0.6 is 22.9 Å². The molecule has 5 heterocycles. The van der Waals surface area contributed by atoms with E-state index >= 15 is 0 Å². The van der Waals surface area contributed by atoms with Crippen LogP contribution in [-0.2, 0) is 17.7 Å². The van der Waals surface area contributed by atoms with E-state index in [1.165, 1.54) is 5.56 Å². The van der Waals surface area contributed by atoms with Crippen LogP contribution in [0.25, 0.3) is 21.5 Å². The highest BCUT2D eigenvalue weighted by Crippen LogP contribution is 2.38. The molecule has 3 fully saturated rings. The van der Waals surface area contributed by atoms with Crippen LogP contribution in [0, 0.1) is 6.92 Å². The number of thiophene rings is 1. The van der Waals surface area contributed by atoms with E-state index in [-0.39, 0.29) is 18.2 Å². The van der Waals surface area contributed by atoms with E-state index in [0.717, 1.165) is 70.8 Å². The fraction of sp³-hybridized carbons (Fsp3) is 0.480. The lowest BCUT2D eigenvalue weighted by Crippen LogP contribution is -2.39. The first kappa shape index (κ1) is 23.1. The second-order valence-corrected chi connectivity index (χ2v) is 11.1. The van der Waals surface area contributed by atoms with Crippen LogP contribution < -0.4 is 5.32 Å². The van der Waals surface area contributed by atoms with Crippen LogP contribution in [0.4, 0.5) is 4.79 Å². The molecule has 0 radical (unpaired) electrons. The number of aryl methyl sites for hydroxylation is 1. The minimum absolute atomic E-state index is 0.0855. The number of urea groups is 1. The topological polar surface area (TPSA) is 90.8 Å². The van der Waals surface area contributed by atoms with Crippen LogP contribution in [0.5, 0.6) is 0 Å². The van der Waals surface area contributed by atoms with Gasteiger partial charge >= 0.3 is 6.03 Å². The quantitative estimate of drug-likeness (QED) is 0.542. The second kappa shape index (κ2) is 9.29. The van der Waals surface area contributed by atoms with Crippen LogP contribution in [0.1, 0.15) is 28.8 Å². The lowest BCUT2D eigenvalue weighted by Gasteiger charge is -2.25. The van der Waals surface area contributed by atoms with Crippen molar-refractivity contribution in [2.75, 3.05) is 26.2 Å². The van der Waals surface area contributed by atoms with E-state index < -0.39 is 6.23 Å². The number of amides is 2. The van der Waals surface area contributed by atoms with Gasteiger partial charge in [-0.3, -0.25) is 4.90 Å². The van der Waals surface area contributed by atoms with Crippen molar-refractivity contribution >= 4 is 39.2 Å². The van der Waals surface area contributed by atoms with Gasteiger partial charge in [0.2, 0.25) is 0 Å². The van der Waals surface area contributed by atoms with Crippen molar-refractivity contribution < 1.29 is 14.6 Å². The summed E-state index contributed by atoms with van der Waals surface area (Å²) in [5, 5.41) is 14.8. The molecule has 6 rings (SSSR count). The molecule has 3 aliphatic heterocycles. The zero-order valence-electron chi connectivity index (χ0n) is 19.5. The molecular weight excluding hydrogens is 486 g/mol. The highest BCUT2D eigenvalue weighted by molar-refractivity contribution is 7.19. The molecule has 10 heteroatoms. The predicted octanol–water partition coefficient (Wildman–Crippen LogP) is 3.57.